The van der Waals surface area contributed by atoms with Crippen molar-refractivity contribution < 1.29 is 0 Å². The first-order valence-corrected chi connectivity index (χ1v) is 7.04. The Labute approximate surface area is 99.9 Å². The lowest BCUT2D eigenvalue weighted by molar-refractivity contribution is 0.486. The van der Waals surface area contributed by atoms with E-state index in [1.54, 1.807) is 0 Å². The molecular weight excluding hydrogens is 256 g/mol. The van der Waals surface area contributed by atoms with E-state index >= 15 is 0 Å². The minimum Gasteiger partial charge on any atom is -0.146 e. The molecular formula is C12H19BrS. The molecule has 1 heterocycles. The van der Waals surface area contributed by atoms with Gasteiger partial charge in [-0.2, -0.15) is 0 Å². The molecule has 1 rings (SSSR count). The van der Waals surface area contributed by atoms with E-state index in [0.717, 1.165) is 5.92 Å². The quantitative estimate of drug-likeness (QED) is 0.659. The van der Waals surface area contributed by atoms with Gasteiger partial charge in [-0.15, -0.1) is 11.3 Å². The molecule has 0 bridgehead atoms. The van der Waals surface area contributed by atoms with Gasteiger partial charge < -0.3 is 0 Å². The Morgan fingerprint density at radius 2 is 1.86 bits per heavy atom. The molecule has 1 unspecified atom stereocenters. The van der Waals surface area contributed by atoms with Crippen LogP contribution in [0.3, 0.4) is 0 Å². The van der Waals surface area contributed by atoms with E-state index < -0.39 is 0 Å². The lowest BCUT2D eigenvalue weighted by Gasteiger charge is -2.19. The Bertz CT molecular complexity index is 287. The Morgan fingerprint density at radius 3 is 2.21 bits per heavy atom. The van der Waals surface area contributed by atoms with Gasteiger partial charge in [-0.05, 0) is 31.4 Å². The van der Waals surface area contributed by atoms with Crippen LogP contribution in [0.5, 0.6) is 0 Å². The average molecular weight is 275 g/mol. The maximum absolute atomic E-state index is 3.84. The van der Waals surface area contributed by atoms with Crippen molar-refractivity contribution in [1.82, 2.24) is 0 Å². The summed E-state index contributed by atoms with van der Waals surface area (Å²) in [5.74, 6) is 0.766. The summed E-state index contributed by atoms with van der Waals surface area (Å²) in [5, 5.41) is 0. The van der Waals surface area contributed by atoms with Crippen molar-refractivity contribution in [3.8, 4) is 0 Å². The van der Waals surface area contributed by atoms with Gasteiger partial charge >= 0.3 is 0 Å². The van der Waals surface area contributed by atoms with Crippen molar-refractivity contribution in [3.05, 3.63) is 21.4 Å². The molecule has 0 saturated carbocycles. The molecule has 0 spiro atoms. The third kappa shape index (κ3) is 2.60. The highest BCUT2D eigenvalue weighted by atomic mass is 79.9. The summed E-state index contributed by atoms with van der Waals surface area (Å²) in [6.07, 6.45) is 2.50. The summed E-state index contributed by atoms with van der Waals surface area (Å²) in [4.78, 5) is 3.44. The van der Waals surface area contributed by atoms with Crippen molar-refractivity contribution in [3.63, 3.8) is 0 Å². The van der Waals surface area contributed by atoms with Crippen LogP contribution in [0, 0.1) is 19.8 Å². The van der Waals surface area contributed by atoms with E-state index in [9.17, 15) is 0 Å². The fourth-order valence-electron chi connectivity index (χ4n) is 1.88. The minimum absolute atomic E-state index is 0.544. The average Bonchev–Trinajstić information content (AvgIpc) is 2.47. The zero-order valence-electron chi connectivity index (χ0n) is 9.43. The number of hydrogen-bond donors (Lipinski definition) is 0. The molecule has 0 amide bonds. The summed E-state index contributed by atoms with van der Waals surface area (Å²) >= 11 is 5.75. The summed E-state index contributed by atoms with van der Waals surface area (Å²) in [5.41, 5.74) is 1.50. The van der Waals surface area contributed by atoms with Gasteiger partial charge in [0, 0.05) is 14.6 Å². The molecule has 0 aliphatic rings. The Kier molecular flexibility index (Phi) is 4.65. The summed E-state index contributed by atoms with van der Waals surface area (Å²) in [7, 11) is 0. The standard InChI is InChI=1S/C12H19BrS/c1-5-10(6-2)12(13)11-7-8(3)14-9(11)4/h7,10,12H,5-6H2,1-4H3. The van der Waals surface area contributed by atoms with Crippen molar-refractivity contribution >= 4 is 27.3 Å². The van der Waals surface area contributed by atoms with Crippen LogP contribution < -0.4 is 0 Å². The van der Waals surface area contributed by atoms with E-state index in [4.69, 9.17) is 0 Å². The molecule has 80 valence electrons. The molecule has 0 fully saturated rings. The molecule has 1 atom stereocenters. The largest absolute Gasteiger partial charge is 0.146 e. The first-order chi connectivity index (χ1) is 6.60. The lowest BCUT2D eigenvalue weighted by Crippen LogP contribution is -2.05. The highest BCUT2D eigenvalue weighted by molar-refractivity contribution is 9.09. The van der Waals surface area contributed by atoms with Crippen LogP contribution in [0.15, 0.2) is 6.07 Å². The number of rotatable bonds is 4. The molecule has 0 aliphatic carbocycles. The van der Waals surface area contributed by atoms with E-state index in [1.807, 2.05) is 11.3 Å². The molecule has 1 aromatic heterocycles. The smallest absolute Gasteiger partial charge is 0.0434 e. The van der Waals surface area contributed by atoms with Crippen LogP contribution in [-0.4, -0.2) is 0 Å². The third-order valence-corrected chi connectivity index (χ3v) is 5.06. The second-order valence-corrected chi connectivity index (χ2v) is 6.29. The normalized spacial score (nSPS) is 13.6. The number of thiophene rings is 1. The van der Waals surface area contributed by atoms with Gasteiger partial charge in [-0.3, -0.25) is 0 Å². The summed E-state index contributed by atoms with van der Waals surface area (Å²) < 4.78 is 0. The van der Waals surface area contributed by atoms with E-state index in [1.165, 1.54) is 28.2 Å². The SMILES string of the molecule is CCC(CC)C(Br)c1cc(C)sc1C. The van der Waals surface area contributed by atoms with Gasteiger partial charge in [0.15, 0.2) is 0 Å². The molecule has 0 aliphatic heterocycles. The molecule has 0 N–H and O–H groups in total. The van der Waals surface area contributed by atoms with Gasteiger partial charge in [0.2, 0.25) is 0 Å². The fraction of sp³-hybridized carbons (Fsp3) is 0.667. The second kappa shape index (κ2) is 5.32. The predicted molar refractivity (Wildman–Crippen MR) is 69.5 cm³/mol. The van der Waals surface area contributed by atoms with E-state index in [-0.39, 0.29) is 0 Å². The molecule has 0 aromatic carbocycles. The van der Waals surface area contributed by atoms with Crippen LogP contribution >= 0.6 is 27.3 Å². The molecule has 14 heavy (non-hydrogen) atoms. The first kappa shape index (κ1) is 12.3. The van der Waals surface area contributed by atoms with E-state index in [0.29, 0.717) is 4.83 Å². The Hall–Kier alpha value is 0.180. The van der Waals surface area contributed by atoms with Crippen molar-refractivity contribution in [2.24, 2.45) is 5.92 Å². The number of halogens is 1. The summed E-state index contributed by atoms with van der Waals surface area (Å²) in [6, 6.07) is 2.33. The number of alkyl halides is 1. The van der Waals surface area contributed by atoms with Crippen molar-refractivity contribution in [1.29, 1.82) is 0 Å². The Morgan fingerprint density at radius 1 is 1.29 bits per heavy atom. The second-order valence-electron chi connectivity index (χ2n) is 3.85. The maximum Gasteiger partial charge on any atom is 0.0434 e. The van der Waals surface area contributed by atoms with Crippen LogP contribution in [0.2, 0.25) is 0 Å². The Balaban J connectivity index is 2.87. The van der Waals surface area contributed by atoms with Crippen LogP contribution in [0.25, 0.3) is 0 Å². The van der Waals surface area contributed by atoms with Gasteiger partial charge in [-0.1, -0.05) is 42.6 Å². The molecule has 0 nitrogen and oxygen atoms in total. The van der Waals surface area contributed by atoms with Crippen LogP contribution in [0.1, 0.15) is 46.8 Å². The first-order valence-electron chi connectivity index (χ1n) is 5.31. The van der Waals surface area contributed by atoms with Gasteiger partial charge in [0.25, 0.3) is 0 Å². The van der Waals surface area contributed by atoms with Crippen molar-refractivity contribution in [2.75, 3.05) is 0 Å². The highest BCUT2D eigenvalue weighted by Gasteiger charge is 2.20. The van der Waals surface area contributed by atoms with Gasteiger partial charge in [-0.25, -0.2) is 0 Å². The predicted octanol–water partition coefficient (Wildman–Crippen LogP) is 5.24. The summed E-state index contributed by atoms with van der Waals surface area (Å²) in [6.45, 7) is 8.96. The van der Waals surface area contributed by atoms with Gasteiger partial charge in [0.05, 0.1) is 0 Å². The number of aryl methyl sites for hydroxylation is 2. The molecule has 0 saturated heterocycles. The van der Waals surface area contributed by atoms with Crippen molar-refractivity contribution in [2.45, 2.75) is 45.4 Å². The zero-order valence-corrected chi connectivity index (χ0v) is 11.8. The van der Waals surface area contributed by atoms with E-state index in [2.05, 4.69) is 49.7 Å². The van der Waals surface area contributed by atoms with Gasteiger partial charge in [0.1, 0.15) is 0 Å². The highest BCUT2D eigenvalue weighted by Crippen LogP contribution is 2.39. The molecule has 2 heteroatoms. The minimum atomic E-state index is 0.544. The topological polar surface area (TPSA) is 0 Å². The molecule has 1 aromatic rings. The van der Waals surface area contributed by atoms with Crippen LogP contribution in [0.4, 0.5) is 0 Å². The maximum atomic E-state index is 3.84. The monoisotopic (exact) mass is 274 g/mol. The number of hydrogen-bond acceptors (Lipinski definition) is 1. The lowest BCUT2D eigenvalue weighted by atomic mass is 9.95. The van der Waals surface area contributed by atoms with Crippen LogP contribution in [-0.2, 0) is 0 Å². The fourth-order valence-corrected chi connectivity index (χ4v) is 4.23. The molecule has 0 radical (unpaired) electrons. The third-order valence-electron chi connectivity index (χ3n) is 2.84. The zero-order chi connectivity index (χ0) is 10.7.